The van der Waals surface area contributed by atoms with Crippen LogP contribution in [0.25, 0.3) is 0 Å². The van der Waals surface area contributed by atoms with Crippen molar-refractivity contribution in [1.29, 1.82) is 0 Å². The van der Waals surface area contributed by atoms with Crippen LogP contribution in [0.2, 0.25) is 0 Å². The lowest BCUT2D eigenvalue weighted by Crippen LogP contribution is -2.44. The van der Waals surface area contributed by atoms with Crippen LogP contribution in [-0.4, -0.2) is 137 Å². The van der Waals surface area contributed by atoms with E-state index in [2.05, 4.69) is 29.2 Å². The van der Waals surface area contributed by atoms with Gasteiger partial charge in [-0.1, -0.05) is 84.1 Å². The Kier molecular flexibility index (Phi) is 162. The number of halogens is 44. The van der Waals surface area contributed by atoms with Gasteiger partial charge in [0.05, 0.1) is 0 Å². The first-order valence-corrected chi connectivity index (χ1v) is 13.6. The summed E-state index contributed by atoms with van der Waals surface area (Å²) in [7, 11) is 1.20. The third kappa shape index (κ3) is 254. The van der Waals surface area contributed by atoms with Crippen LogP contribution in [0.1, 0.15) is 74.3 Å². The summed E-state index contributed by atoms with van der Waals surface area (Å²) in [5.74, 6) is -9.33. The summed E-state index contributed by atoms with van der Waals surface area (Å²) < 4.78 is 462. The van der Waals surface area contributed by atoms with E-state index in [0.717, 1.165) is 7.11 Å². The molecule has 0 rings (SSSR count). The Morgan fingerprint density at radius 3 is 0.434 bits per heavy atom. The molecule has 0 fully saturated rings. The molecule has 0 saturated carbocycles. The summed E-state index contributed by atoms with van der Waals surface area (Å²) in [6.45, 7) is -16.1. The number of hydrogen-bond acceptors (Lipinski definition) is 8. The fourth-order valence-corrected chi connectivity index (χ4v) is 0.376. The first-order valence-electron chi connectivity index (χ1n) is 13.6. The number of rotatable bonds is 9. The van der Waals surface area contributed by atoms with Gasteiger partial charge in [-0.05, 0) is 27.2 Å². The highest BCUT2D eigenvalue weighted by Crippen LogP contribution is 2.36. The van der Waals surface area contributed by atoms with Gasteiger partial charge in [-0.2, -0.15) is 81.2 Å². The molecule has 1 atom stereocenters. The number of ether oxygens (including phenoxy) is 2. The van der Waals surface area contributed by atoms with Gasteiger partial charge in [0.15, 0.2) is 26.7 Å². The van der Waals surface area contributed by atoms with Crippen LogP contribution in [0.4, 0.5) is 194 Å². The zero-order chi connectivity index (χ0) is 63.0. The van der Waals surface area contributed by atoms with E-state index in [1.807, 2.05) is 0 Å². The Morgan fingerprint density at radius 1 is 0.277 bits per heavy atom. The van der Waals surface area contributed by atoms with Crippen LogP contribution < -0.4 is 0 Å². The van der Waals surface area contributed by atoms with Crippen LogP contribution >= 0.6 is 0 Å². The van der Waals surface area contributed by atoms with E-state index in [0.29, 0.717) is 7.11 Å². The van der Waals surface area contributed by atoms with Crippen molar-refractivity contribution in [2.75, 3.05) is 75.3 Å². The summed E-state index contributed by atoms with van der Waals surface area (Å²) in [6, 6.07) is 0. The molecule has 0 aliphatic carbocycles. The fraction of sp³-hybridized carbons (Fsp3) is 1.00. The maximum atomic E-state index is 12.0. The highest BCUT2D eigenvalue weighted by atomic mass is 19.5. The van der Waals surface area contributed by atoms with Crippen LogP contribution in [0.15, 0.2) is 0 Å². The monoisotopic (exact) mass is 1400 g/mol. The first-order chi connectivity index (χ1) is 32.1. The van der Waals surface area contributed by atoms with Crippen molar-refractivity contribution in [3.63, 3.8) is 0 Å². The summed E-state index contributed by atoms with van der Waals surface area (Å²) in [6.07, 6.45) is -40.5. The molecule has 0 N–H and O–H groups in total. The predicted octanol–water partition coefficient (Wildman–Crippen LogP) is 23.0. The standard InChI is InChI=1S/C4H5F5O.C3H2F6.C3H5F3O.C2H2F4.2CF4O.2CF4.4CH2F2O.CH2F2.10CH4/c1-10-3(6,2-5)4(7,8)9;4-1-2(5,6)3(7,8)9;1-7-3(5,6)2-4;3-1-2(4,5)6;2*2-1(3,4)6-5;2*2-1(3,4)5;4*2-1-4-3;2-1-3;;;;;;;;;;/h2H2,1H3;1H2;2H2,1H3;1H2;;;;;4*1H2;1H2;10*1H4. The Bertz CT molecular complexity index is 909. The number of alkyl halides is 38. The van der Waals surface area contributed by atoms with Crippen LogP contribution in [0, 0.1) is 0 Å². The molecule has 0 aromatic heterocycles. The molecule has 0 spiro atoms. The molecule has 83 heavy (non-hydrogen) atoms. The summed E-state index contributed by atoms with van der Waals surface area (Å²) >= 11 is 0. The molecule has 0 aromatic carbocycles. The van der Waals surface area contributed by atoms with E-state index < -0.39 is 123 Å². The average molecular weight is 1400 g/mol. The van der Waals surface area contributed by atoms with Crippen molar-refractivity contribution in [3.8, 4) is 0 Å². The largest absolute Gasteiger partial charge is 0.559 e. The number of methoxy groups -OCH3 is 2. The average Bonchev–Trinajstić information content (AvgIpc) is 3.25. The predicted molar refractivity (Wildman–Crippen MR) is 208 cm³/mol. The third-order valence-corrected chi connectivity index (χ3v) is 2.45. The van der Waals surface area contributed by atoms with E-state index >= 15 is 0 Å². The molecule has 0 saturated heterocycles. The van der Waals surface area contributed by atoms with Crippen molar-refractivity contribution < 1.29 is 233 Å². The Morgan fingerprint density at radius 2 is 0.434 bits per heavy atom. The summed E-state index contributed by atoms with van der Waals surface area (Å²) in [4.78, 5) is 12.4. The molecular weight excluding hydrogens is 1340 g/mol. The van der Waals surface area contributed by atoms with Gasteiger partial charge in [0.2, 0.25) is 34.4 Å². The molecule has 1 unspecified atom stereocenters. The smallest absolute Gasteiger partial charge is 0.340 e. The molecule has 544 valence electrons. The van der Waals surface area contributed by atoms with Gasteiger partial charge in [-0.25, -0.2) is 43.9 Å². The lowest BCUT2D eigenvalue weighted by Gasteiger charge is -2.22. The first kappa shape index (κ1) is 154. The van der Waals surface area contributed by atoms with Gasteiger partial charge in [0.25, 0.3) is 0 Å². The van der Waals surface area contributed by atoms with E-state index in [4.69, 9.17) is 0 Å². The molecule has 0 aromatic rings. The Hall–Kier alpha value is -3.40. The molecular formula is C31H64F44O8. The Labute approximate surface area is 445 Å². The lowest BCUT2D eigenvalue weighted by molar-refractivity contribution is -0.416. The fourth-order valence-electron chi connectivity index (χ4n) is 0.376. The minimum absolute atomic E-state index is 0. The van der Waals surface area contributed by atoms with Crippen molar-refractivity contribution in [2.24, 2.45) is 0 Å². The van der Waals surface area contributed by atoms with E-state index in [9.17, 15) is 194 Å². The third-order valence-electron chi connectivity index (χ3n) is 2.45. The second kappa shape index (κ2) is 87.4. The second-order valence-electron chi connectivity index (χ2n) is 7.50. The molecule has 0 amide bonds. The van der Waals surface area contributed by atoms with Crippen LogP contribution in [0.5, 0.6) is 0 Å². The van der Waals surface area contributed by atoms with Gasteiger partial charge in [0, 0.05) is 14.2 Å². The topological polar surface area (TPSA) is 73.8 Å². The normalized spacial score (nSPS) is 10.5. The highest BCUT2D eigenvalue weighted by molar-refractivity contribution is 4.75. The van der Waals surface area contributed by atoms with Crippen molar-refractivity contribution >= 4 is 0 Å². The minimum Gasteiger partial charge on any atom is -0.340 e. The minimum atomic E-state index is -5.76. The summed E-state index contributed by atoms with van der Waals surface area (Å²) in [5.41, 5.74) is 0. The van der Waals surface area contributed by atoms with E-state index in [-0.39, 0.29) is 74.3 Å². The Balaban J connectivity index is -0.0000000224. The molecule has 8 nitrogen and oxygen atoms in total. The van der Waals surface area contributed by atoms with Crippen molar-refractivity contribution in [3.05, 3.63) is 0 Å². The van der Waals surface area contributed by atoms with Gasteiger partial charge in [-0.15, -0.1) is 61.5 Å². The molecule has 0 radical (unpaired) electrons. The quantitative estimate of drug-likeness (QED) is 0.212. The van der Waals surface area contributed by atoms with E-state index in [1.54, 1.807) is 0 Å². The van der Waals surface area contributed by atoms with Gasteiger partial charge in [-0.3, -0.25) is 0 Å². The second-order valence-corrected chi connectivity index (χ2v) is 7.50. The molecule has 0 aliphatic heterocycles. The van der Waals surface area contributed by atoms with Gasteiger partial charge in [0.1, 0.15) is 0 Å². The maximum Gasteiger partial charge on any atom is 0.559 e. The van der Waals surface area contributed by atoms with Gasteiger partial charge < -0.3 is 9.47 Å². The number of hydrogen-bond donors (Lipinski definition) is 0. The zero-order valence-corrected chi connectivity index (χ0v) is 33.3. The van der Waals surface area contributed by atoms with Crippen molar-refractivity contribution in [1.82, 2.24) is 0 Å². The molecule has 0 bridgehead atoms. The lowest BCUT2D eigenvalue weighted by atomic mass is 10.3. The zero-order valence-electron chi connectivity index (χ0n) is 33.3. The van der Waals surface area contributed by atoms with Crippen LogP contribution in [0.3, 0.4) is 0 Å². The van der Waals surface area contributed by atoms with Gasteiger partial charge >= 0.3 is 62.0 Å². The highest BCUT2D eigenvalue weighted by Gasteiger charge is 2.58. The maximum absolute atomic E-state index is 12.0. The molecule has 52 heteroatoms. The molecule has 0 heterocycles. The molecule has 0 aliphatic rings. The summed E-state index contributed by atoms with van der Waals surface area (Å²) in [5, 5.41) is 0. The SMILES string of the molecule is C.C.C.C.C.C.C.C.C.C.COC(F)(CF)C(F)(F)F.COC(F)(F)CF.FC(F)(F)F.FC(F)(F)F.FCC(F)(F)C(F)(F)F.FCC(F)(F)F.FCF.FCOF.FCOF.FCOF.FCOF.FOC(F)(F)F.FOC(F)(F)F. The van der Waals surface area contributed by atoms with Crippen LogP contribution in [-0.2, 0) is 39.1 Å². The van der Waals surface area contributed by atoms with Crippen molar-refractivity contribution in [2.45, 2.75) is 136 Å². The van der Waals surface area contributed by atoms with E-state index in [1.165, 1.54) is 9.88 Å².